The van der Waals surface area contributed by atoms with Crippen LogP contribution in [0.4, 0.5) is 5.69 Å². The molecule has 8 nitrogen and oxygen atoms in total. The first-order valence-corrected chi connectivity index (χ1v) is 13.8. The van der Waals surface area contributed by atoms with Crippen LogP contribution in [0.3, 0.4) is 0 Å². The summed E-state index contributed by atoms with van der Waals surface area (Å²) < 4.78 is 33.9. The van der Waals surface area contributed by atoms with Crippen molar-refractivity contribution in [2.75, 3.05) is 44.2 Å². The van der Waals surface area contributed by atoms with Gasteiger partial charge in [0.1, 0.15) is 5.75 Å². The summed E-state index contributed by atoms with van der Waals surface area (Å²) >= 11 is 0. The van der Waals surface area contributed by atoms with Crippen molar-refractivity contribution in [3.05, 3.63) is 53.1 Å². The summed E-state index contributed by atoms with van der Waals surface area (Å²) in [5.74, 6) is 0.896. The monoisotopic (exact) mass is 497 g/mol. The zero-order valence-electron chi connectivity index (χ0n) is 20.0. The molecule has 2 aromatic carbocycles. The van der Waals surface area contributed by atoms with Gasteiger partial charge < -0.3 is 14.5 Å². The number of benzene rings is 2. The van der Waals surface area contributed by atoms with Crippen LogP contribution in [0.5, 0.6) is 5.75 Å². The van der Waals surface area contributed by atoms with Crippen molar-refractivity contribution in [3.8, 4) is 5.75 Å². The molecule has 5 rings (SSSR count). The Labute approximate surface area is 206 Å². The highest BCUT2D eigenvalue weighted by Gasteiger charge is 2.34. The summed E-state index contributed by atoms with van der Waals surface area (Å²) in [5, 5.41) is 0. The first kappa shape index (κ1) is 23.8. The maximum Gasteiger partial charge on any atom is 0.243 e. The predicted octanol–water partition coefficient (Wildman–Crippen LogP) is 2.39. The number of aryl methyl sites for hydroxylation is 2. The standard InChI is InChI=1S/C26H31N3O5S/c1-2-34-22-8-5-19(6-9-22)16-25(31)27-12-14-28(15-13-27)35(32,33)23-17-20-4-3-11-29-24(30)10-7-21(18-23)26(20)29/h5-6,8-9,17-18H,2-4,7,10-16H2,1H3. The van der Waals surface area contributed by atoms with Crippen LogP contribution in [0.2, 0.25) is 0 Å². The van der Waals surface area contributed by atoms with Gasteiger partial charge in [0, 0.05) is 39.1 Å². The first-order valence-electron chi connectivity index (χ1n) is 12.3. The molecule has 9 heteroatoms. The number of ether oxygens (including phenoxy) is 1. The second-order valence-corrected chi connectivity index (χ2v) is 11.2. The number of hydrogen-bond acceptors (Lipinski definition) is 5. The molecule has 3 heterocycles. The van der Waals surface area contributed by atoms with Gasteiger partial charge in [-0.15, -0.1) is 0 Å². The number of rotatable bonds is 6. The van der Waals surface area contributed by atoms with Crippen molar-refractivity contribution >= 4 is 27.5 Å². The van der Waals surface area contributed by atoms with Crippen LogP contribution in [0.15, 0.2) is 41.3 Å². The molecular weight excluding hydrogens is 466 g/mol. The quantitative estimate of drug-likeness (QED) is 0.612. The van der Waals surface area contributed by atoms with Gasteiger partial charge in [0.05, 0.1) is 23.6 Å². The molecule has 1 fully saturated rings. The molecule has 35 heavy (non-hydrogen) atoms. The van der Waals surface area contributed by atoms with Crippen LogP contribution in [0.25, 0.3) is 0 Å². The van der Waals surface area contributed by atoms with E-state index in [9.17, 15) is 18.0 Å². The fourth-order valence-corrected chi connectivity index (χ4v) is 6.78. The number of hydrogen-bond donors (Lipinski definition) is 0. The Balaban J connectivity index is 1.25. The highest BCUT2D eigenvalue weighted by Crippen LogP contribution is 2.38. The number of carbonyl (C=O) groups is 2. The molecule has 0 radical (unpaired) electrons. The highest BCUT2D eigenvalue weighted by atomic mass is 32.2. The van der Waals surface area contributed by atoms with Crippen molar-refractivity contribution < 1.29 is 22.7 Å². The Kier molecular flexibility index (Phi) is 6.55. The molecule has 2 amide bonds. The predicted molar refractivity (Wildman–Crippen MR) is 132 cm³/mol. The number of nitrogens with zero attached hydrogens (tertiary/aromatic N) is 3. The van der Waals surface area contributed by atoms with Crippen molar-refractivity contribution in [2.45, 2.75) is 43.9 Å². The smallest absolute Gasteiger partial charge is 0.243 e. The first-order chi connectivity index (χ1) is 16.9. The Hall–Kier alpha value is -2.91. The van der Waals surface area contributed by atoms with E-state index in [0.717, 1.165) is 41.0 Å². The van der Waals surface area contributed by atoms with Crippen LogP contribution in [0, 0.1) is 0 Å². The SMILES string of the molecule is CCOc1ccc(CC(=O)N2CCN(S(=O)(=O)c3cc4c5c(c3)CCC(=O)N5CCC4)CC2)cc1. The summed E-state index contributed by atoms with van der Waals surface area (Å²) in [6.07, 6.45) is 2.91. The Bertz CT molecular complexity index is 1220. The molecule has 0 aliphatic carbocycles. The number of carbonyl (C=O) groups excluding carboxylic acids is 2. The zero-order valence-corrected chi connectivity index (χ0v) is 20.8. The average Bonchev–Trinajstić information content (AvgIpc) is 2.87. The summed E-state index contributed by atoms with van der Waals surface area (Å²) in [6, 6.07) is 11.0. The molecular formula is C26H31N3O5S. The van der Waals surface area contributed by atoms with E-state index in [1.807, 2.05) is 36.1 Å². The molecule has 0 aromatic heterocycles. The van der Waals surface area contributed by atoms with E-state index in [1.165, 1.54) is 4.31 Å². The molecule has 0 N–H and O–H groups in total. The molecule has 3 aliphatic heterocycles. The van der Waals surface area contributed by atoms with Crippen molar-refractivity contribution in [1.82, 2.24) is 9.21 Å². The molecule has 2 aromatic rings. The Morgan fingerprint density at radius 2 is 1.63 bits per heavy atom. The number of piperazine rings is 1. The summed E-state index contributed by atoms with van der Waals surface area (Å²) in [7, 11) is -3.68. The number of sulfonamides is 1. The van der Waals surface area contributed by atoms with Crippen LogP contribution < -0.4 is 9.64 Å². The van der Waals surface area contributed by atoms with E-state index in [-0.39, 0.29) is 31.3 Å². The van der Waals surface area contributed by atoms with Crippen molar-refractivity contribution in [2.24, 2.45) is 0 Å². The second-order valence-electron chi connectivity index (χ2n) is 9.28. The lowest BCUT2D eigenvalue weighted by atomic mass is 9.92. The van der Waals surface area contributed by atoms with E-state index < -0.39 is 10.0 Å². The minimum Gasteiger partial charge on any atom is -0.494 e. The third-order valence-electron chi connectivity index (χ3n) is 7.07. The summed E-state index contributed by atoms with van der Waals surface area (Å²) in [5.41, 5.74) is 3.73. The number of amides is 2. The molecule has 0 bridgehead atoms. The summed E-state index contributed by atoms with van der Waals surface area (Å²) in [4.78, 5) is 29.0. The third-order valence-corrected chi connectivity index (χ3v) is 8.94. The van der Waals surface area contributed by atoms with E-state index in [0.29, 0.717) is 44.0 Å². The normalized spacial score (nSPS) is 18.4. The lowest BCUT2D eigenvalue weighted by Crippen LogP contribution is -2.51. The average molecular weight is 498 g/mol. The van der Waals surface area contributed by atoms with Crippen LogP contribution in [0.1, 0.15) is 36.5 Å². The molecule has 0 atom stereocenters. The van der Waals surface area contributed by atoms with Gasteiger partial charge in [-0.05, 0) is 67.1 Å². The topological polar surface area (TPSA) is 87.2 Å². The van der Waals surface area contributed by atoms with Gasteiger partial charge >= 0.3 is 0 Å². The Morgan fingerprint density at radius 3 is 2.31 bits per heavy atom. The molecule has 186 valence electrons. The lowest BCUT2D eigenvalue weighted by Gasteiger charge is -2.37. The molecule has 0 unspecified atom stereocenters. The summed E-state index contributed by atoms with van der Waals surface area (Å²) in [6.45, 7) is 4.51. The minimum atomic E-state index is -3.68. The molecule has 0 spiro atoms. The zero-order chi connectivity index (χ0) is 24.6. The van der Waals surface area contributed by atoms with Gasteiger partial charge in [-0.25, -0.2) is 8.42 Å². The maximum atomic E-state index is 13.5. The van der Waals surface area contributed by atoms with E-state index >= 15 is 0 Å². The van der Waals surface area contributed by atoms with E-state index in [4.69, 9.17) is 4.74 Å². The number of anilines is 1. The van der Waals surface area contributed by atoms with Crippen LogP contribution in [-0.2, 0) is 38.9 Å². The van der Waals surface area contributed by atoms with Crippen LogP contribution >= 0.6 is 0 Å². The molecule has 0 saturated carbocycles. The van der Waals surface area contributed by atoms with Gasteiger partial charge in [0.2, 0.25) is 21.8 Å². The lowest BCUT2D eigenvalue weighted by molar-refractivity contribution is -0.131. The molecule has 1 saturated heterocycles. The van der Waals surface area contributed by atoms with Gasteiger partial charge in [0.25, 0.3) is 0 Å². The third kappa shape index (κ3) is 4.67. The highest BCUT2D eigenvalue weighted by molar-refractivity contribution is 7.89. The molecule has 3 aliphatic rings. The fourth-order valence-electron chi connectivity index (χ4n) is 5.25. The largest absolute Gasteiger partial charge is 0.494 e. The minimum absolute atomic E-state index is 0.00539. The second kappa shape index (κ2) is 9.62. The fraction of sp³-hybridized carbons (Fsp3) is 0.462. The van der Waals surface area contributed by atoms with Gasteiger partial charge in [-0.1, -0.05) is 12.1 Å². The Morgan fingerprint density at radius 1 is 0.943 bits per heavy atom. The maximum absolute atomic E-state index is 13.5. The van der Waals surface area contributed by atoms with Crippen LogP contribution in [-0.4, -0.2) is 68.8 Å². The van der Waals surface area contributed by atoms with Gasteiger partial charge in [-0.2, -0.15) is 4.31 Å². The van der Waals surface area contributed by atoms with Gasteiger partial charge in [-0.3, -0.25) is 9.59 Å². The van der Waals surface area contributed by atoms with E-state index in [1.54, 1.807) is 17.0 Å². The van der Waals surface area contributed by atoms with Crippen molar-refractivity contribution in [1.29, 1.82) is 0 Å². The van der Waals surface area contributed by atoms with E-state index in [2.05, 4.69) is 0 Å². The van der Waals surface area contributed by atoms with Gasteiger partial charge in [0.15, 0.2) is 0 Å². The van der Waals surface area contributed by atoms with Crippen molar-refractivity contribution in [3.63, 3.8) is 0 Å².